The van der Waals surface area contributed by atoms with Gasteiger partial charge in [0.15, 0.2) is 0 Å². The third-order valence-electron chi connectivity index (χ3n) is 8.31. The molecule has 2 aliphatic rings. The van der Waals surface area contributed by atoms with E-state index in [1.165, 1.54) is 6.42 Å². The van der Waals surface area contributed by atoms with Crippen LogP contribution in [0.25, 0.3) is 10.9 Å². The Morgan fingerprint density at radius 2 is 1.63 bits per heavy atom. The Balaban J connectivity index is 1.31. The van der Waals surface area contributed by atoms with E-state index in [2.05, 4.69) is 25.7 Å². The van der Waals surface area contributed by atoms with Gasteiger partial charge in [0.2, 0.25) is 15.9 Å². The van der Waals surface area contributed by atoms with E-state index in [0.29, 0.717) is 49.6 Å². The van der Waals surface area contributed by atoms with Crippen molar-refractivity contribution in [2.24, 2.45) is 11.8 Å². The molecule has 1 saturated heterocycles. The average Bonchev–Trinajstić information content (AvgIpc) is 2.94. The van der Waals surface area contributed by atoms with Crippen molar-refractivity contribution in [3.05, 3.63) is 54.4 Å². The third-order valence-corrected chi connectivity index (χ3v) is 10.2. The van der Waals surface area contributed by atoms with Crippen molar-refractivity contribution in [1.29, 1.82) is 0 Å². The smallest absolute Gasteiger partial charge is 0.243 e. The zero-order valence-corrected chi connectivity index (χ0v) is 23.5. The molecule has 4 atom stereocenters. The topological polar surface area (TPSA) is 84.9 Å². The number of aromatic nitrogens is 2. The molecule has 204 valence electrons. The number of rotatable bonds is 7. The maximum absolute atomic E-state index is 13.2. The highest BCUT2D eigenvalue weighted by Crippen LogP contribution is 2.34. The van der Waals surface area contributed by atoms with Crippen molar-refractivity contribution in [1.82, 2.24) is 19.2 Å². The van der Waals surface area contributed by atoms with Crippen molar-refractivity contribution in [3.63, 3.8) is 0 Å². The minimum atomic E-state index is -3.56. The number of methoxy groups -OCH3 is 1. The second-order valence-corrected chi connectivity index (χ2v) is 12.6. The first-order valence-electron chi connectivity index (χ1n) is 13.6. The van der Waals surface area contributed by atoms with E-state index in [9.17, 15) is 8.42 Å². The van der Waals surface area contributed by atoms with Gasteiger partial charge in [-0.2, -0.15) is 9.29 Å². The van der Waals surface area contributed by atoms with Crippen LogP contribution in [0.3, 0.4) is 0 Å². The largest absolute Gasteiger partial charge is 0.497 e. The fourth-order valence-electron chi connectivity index (χ4n) is 5.50. The second kappa shape index (κ2) is 11.2. The highest BCUT2D eigenvalue weighted by atomic mass is 32.2. The van der Waals surface area contributed by atoms with Crippen molar-refractivity contribution in [3.8, 4) is 11.6 Å². The normalized spacial score (nSPS) is 24.3. The fourth-order valence-corrected chi connectivity index (χ4v) is 6.92. The van der Waals surface area contributed by atoms with Crippen LogP contribution in [0.4, 0.5) is 0 Å². The summed E-state index contributed by atoms with van der Waals surface area (Å²) >= 11 is 0. The van der Waals surface area contributed by atoms with Gasteiger partial charge in [0.25, 0.3) is 0 Å². The Hall–Kier alpha value is -2.75. The summed E-state index contributed by atoms with van der Waals surface area (Å²) in [4.78, 5) is 12.3. The molecule has 0 spiro atoms. The SMILES string of the molecule is COc1ccc(S(=O)(=O)N2CCN(C(C)c3nc(OC4CCC(C)C(C)C4)c4ccccc4n3)CC2)cc1. The van der Waals surface area contributed by atoms with E-state index in [-0.39, 0.29) is 17.0 Å². The molecule has 2 fully saturated rings. The first-order chi connectivity index (χ1) is 18.3. The summed E-state index contributed by atoms with van der Waals surface area (Å²) < 4.78 is 39.6. The monoisotopic (exact) mass is 538 g/mol. The molecule has 1 saturated carbocycles. The number of hydrogen-bond donors (Lipinski definition) is 0. The number of para-hydroxylation sites is 1. The van der Waals surface area contributed by atoms with Gasteiger partial charge < -0.3 is 9.47 Å². The molecule has 0 radical (unpaired) electrons. The first kappa shape index (κ1) is 26.8. The van der Waals surface area contributed by atoms with Gasteiger partial charge in [-0.1, -0.05) is 26.0 Å². The number of benzene rings is 2. The summed E-state index contributed by atoms with van der Waals surface area (Å²) in [5, 5.41) is 0.935. The summed E-state index contributed by atoms with van der Waals surface area (Å²) in [6, 6.07) is 14.5. The van der Waals surface area contributed by atoms with Crippen LogP contribution in [0.5, 0.6) is 11.6 Å². The third kappa shape index (κ3) is 5.51. The van der Waals surface area contributed by atoms with Gasteiger partial charge in [-0.05, 0) is 74.4 Å². The zero-order chi connectivity index (χ0) is 26.9. The Labute approximate surface area is 226 Å². The van der Waals surface area contributed by atoms with E-state index in [0.717, 1.165) is 29.7 Å². The van der Waals surface area contributed by atoms with Crippen molar-refractivity contribution < 1.29 is 17.9 Å². The maximum atomic E-state index is 13.2. The molecule has 5 rings (SSSR count). The van der Waals surface area contributed by atoms with Crippen LogP contribution in [-0.4, -0.2) is 67.0 Å². The van der Waals surface area contributed by atoms with E-state index in [1.807, 2.05) is 24.3 Å². The summed E-state index contributed by atoms with van der Waals surface area (Å²) in [6.07, 6.45) is 3.41. The van der Waals surface area contributed by atoms with E-state index in [1.54, 1.807) is 35.7 Å². The van der Waals surface area contributed by atoms with E-state index >= 15 is 0 Å². The molecule has 0 amide bonds. The number of piperazine rings is 1. The Morgan fingerprint density at radius 1 is 0.921 bits per heavy atom. The van der Waals surface area contributed by atoms with Crippen molar-refractivity contribution in [2.45, 2.75) is 57.1 Å². The molecule has 1 aliphatic carbocycles. The van der Waals surface area contributed by atoms with Crippen LogP contribution in [0.2, 0.25) is 0 Å². The first-order valence-corrected chi connectivity index (χ1v) is 15.0. The summed E-state index contributed by atoms with van der Waals surface area (Å²) in [5.74, 6) is 3.35. The van der Waals surface area contributed by atoms with Gasteiger partial charge in [0, 0.05) is 26.2 Å². The average molecular weight is 539 g/mol. The highest BCUT2D eigenvalue weighted by Gasteiger charge is 2.32. The molecule has 9 heteroatoms. The number of hydrogen-bond acceptors (Lipinski definition) is 7. The minimum Gasteiger partial charge on any atom is -0.497 e. The molecule has 1 aliphatic heterocycles. The quantitative estimate of drug-likeness (QED) is 0.423. The molecule has 0 N–H and O–H groups in total. The van der Waals surface area contributed by atoms with Crippen LogP contribution in [0.15, 0.2) is 53.4 Å². The molecule has 1 aromatic heterocycles. The number of fused-ring (bicyclic) bond motifs is 1. The van der Waals surface area contributed by atoms with Crippen molar-refractivity contribution >= 4 is 20.9 Å². The van der Waals surface area contributed by atoms with Gasteiger partial charge >= 0.3 is 0 Å². The molecule has 0 bridgehead atoms. The van der Waals surface area contributed by atoms with Crippen molar-refractivity contribution in [2.75, 3.05) is 33.3 Å². The van der Waals surface area contributed by atoms with Gasteiger partial charge in [-0.15, -0.1) is 0 Å². The predicted molar refractivity (Wildman–Crippen MR) is 148 cm³/mol. The highest BCUT2D eigenvalue weighted by molar-refractivity contribution is 7.89. The molecule has 8 nitrogen and oxygen atoms in total. The van der Waals surface area contributed by atoms with Gasteiger partial charge in [0.1, 0.15) is 17.7 Å². The lowest BCUT2D eigenvalue weighted by Crippen LogP contribution is -2.49. The van der Waals surface area contributed by atoms with Crippen LogP contribution >= 0.6 is 0 Å². The second-order valence-electron chi connectivity index (χ2n) is 10.7. The lowest BCUT2D eigenvalue weighted by atomic mass is 9.80. The number of nitrogens with zero attached hydrogens (tertiary/aromatic N) is 4. The molecular weight excluding hydrogens is 500 g/mol. The van der Waals surface area contributed by atoms with E-state index < -0.39 is 10.0 Å². The molecule has 3 aromatic rings. The Kier molecular flexibility index (Phi) is 7.88. The van der Waals surface area contributed by atoms with Gasteiger partial charge in [0.05, 0.1) is 29.0 Å². The molecular formula is C29H38N4O4S. The summed E-state index contributed by atoms with van der Waals surface area (Å²) in [5.41, 5.74) is 0.872. The van der Waals surface area contributed by atoms with Gasteiger partial charge in [-0.25, -0.2) is 13.4 Å². The Bertz CT molecular complexity index is 1360. The summed E-state index contributed by atoms with van der Waals surface area (Å²) in [6.45, 7) is 8.73. The number of sulfonamides is 1. The Morgan fingerprint density at radius 3 is 2.32 bits per heavy atom. The lowest BCUT2D eigenvalue weighted by molar-refractivity contribution is 0.0964. The van der Waals surface area contributed by atoms with Crippen LogP contribution in [0.1, 0.15) is 51.9 Å². The standard InChI is InChI=1S/C29H38N4O4S/c1-20-9-10-24(19-21(20)2)37-29-26-7-5-6-8-27(26)30-28(31-29)22(3)32-15-17-33(18-16-32)38(34,35)25-13-11-23(36-4)12-14-25/h5-8,11-14,20-22,24H,9-10,15-19H2,1-4H3. The van der Waals surface area contributed by atoms with Crippen LogP contribution < -0.4 is 9.47 Å². The lowest BCUT2D eigenvalue weighted by Gasteiger charge is -2.37. The molecule has 38 heavy (non-hydrogen) atoms. The van der Waals surface area contributed by atoms with Crippen LogP contribution in [0, 0.1) is 11.8 Å². The molecule has 4 unspecified atom stereocenters. The number of ether oxygens (including phenoxy) is 2. The van der Waals surface area contributed by atoms with Gasteiger partial charge in [-0.3, -0.25) is 4.90 Å². The zero-order valence-electron chi connectivity index (χ0n) is 22.7. The fraction of sp³-hybridized carbons (Fsp3) is 0.517. The predicted octanol–water partition coefficient (Wildman–Crippen LogP) is 4.91. The maximum Gasteiger partial charge on any atom is 0.243 e. The van der Waals surface area contributed by atoms with Crippen LogP contribution in [-0.2, 0) is 10.0 Å². The molecule has 2 heterocycles. The van der Waals surface area contributed by atoms with E-state index in [4.69, 9.17) is 19.4 Å². The summed E-state index contributed by atoms with van der Waals surface area (Å²) in [7, 11) is -2.00. The minimum absolute atomic E-state index is 0.0712. The molecule has 2 aromatic carbocycles.